The summed E-state index contributed by atoms with van der Waals surface area (Å²) in [6.45, 7) is 6.18. The van der Waals surface area contributed by atoms with Gasteiger partial charge in [0, 0.05) is 19.1 Å². The number of aryl methyl sites for hydroxylation is 2. The Bertz CT molecular complexity index is 487. The highest BCUT2D eigenvalue weighted by atomic mass is 16.5. The van der Waals surface area contributed by atoms with Crippen molar-refractivity contribution in [2.45, 2.75) is 32.2 Å². The molecule has 1 heterocycles. The fourth-order valence-corrected chi connectivity index (χ4v) is 2.91. The lowest BCUT2D eigenvalue weighted by Crippen LogP contribution is -2.48. The predicted molar refractivity (Wildman–Crippen MR) is 80.1 cm³/mol. The van der Waals surface area contributed by atoms with Crippen molar-refractivity contribution >= 4 is 6.09 Å². The second-order valence-corrected chi connectivity index (χ2v) is 5.83. The third-order valence-corrected chi connectivity index (χ3v) is 4.14. The molecule has 0 aliphatic carbocycles. The van der Waals surface area contributed by atoms with Crippen LogP contribution in [0.25, 0.3) is 0 Å². The van der Waals surface area contributed by atoms with Crippen LogP contribution in [0.3, 0.4) is 0 Å². The summed E-state index contributed by atoms with van der Waals surface area (Å²) in [5.74, 6) is 0.454. The Balaban J connectivity index is 2.10. The molecule has 1 fully saturated rings. The first-order valence-corrected chi connectivity index (χ1v) is 7.09. The number of rotatable bonds is 2. The van der Waals surface area contributed by atoms with Crippen LogP contribution in [-0.4, -0.2) is 44.3 Å². The van der Waals surface area contributed by atoms with Crippen LogP contribution in [0.15, 0.2) is 18.2 Å². The largest absolute Gasteiger partial charge is 0.453 e. The van der Waals surface area contributed by atoms with Crippen molar-refractivity contribution < 1.29 is 9.53 Å². The number of piperidine rings is 1. The van der Waals surface area contributed by atoms with Gasteiger partial charge in [0.15, 0.2) is 0 Å². The van der Waals surface area contributed by atoms with Crippen molar-refractivity contribution in [3.63, 3.8) is 0 Å². The fourth-order valence-electron chi connectivity index (χ4n) is 2.91. The zero-order valence-electron chi connectivity index (χ0n) is 12.8. The lowest BCUT2D eigenvalue weighted by molar-refractivity contribution is 0.150. The number of benzene rings is 1. The maximum absolute atomic E-state index is 11.4. The molecular formula is C16H24N2O2. The van der Waals surface area contributed by atoms with Crippen LogP contribution in [0, 0.1) is 13.8 Å². The molecule has 0 bridgehead atoms. The molecule has 0 saturated carbocycles. The van der Waals surface area contributed by atoms with Crippen LogP contribution in [0.1, 0.15) is 29.0 Å². The highest BCUT2D eigenvalue weighted by Gasteiger charge is 2.27. The van der Waals surface area contributed by atoms with Gasteiger partial charge in [0.05, 0.1) is 7.11 Å². The van der Waals surface area contributed by atoms with Crippen LogP contribution in [0.5, 0.6) is 0 Å². The lowest BCUT2D eigenvalue weighted by Gasteiger charge is -2.36. The highest BCUT2D eigenvalue weighted by molar-refractivity contribution is 5.67. The Kier molecular flexibility index (Phi) is 4.65. The molecule has 2 rings (SSSR count). The number of amides is 1. The predicted octanol–water partition coefficient (Wildman–Crippen LogP) is 2.45. The molecule has 0 aromatic heterocycles. The first-order valence-electron chi connectivity index (χ1n) is 7.09. The van der Waals surface area contributed by atoms with Gasteiger partial charge in [-0.2, -0.15) is 0 Å². The van der Waals surface area contributed by atoms with Crippen molar-refractivity contribution in [1.82, 2.24) is 10.2 Å². The molecule has 0 spiro atoms. The molecule has 110 valence electrons. The summed E-state index contributed by atoms with van der Waals surface area (Å²) < 4.78 is 4.70. The number of likely N-dealkylation sites (tertiary alicyclic amines) is 1. The van der Waals surface area contributed by atoms with E-state index in [9.17, 15) is 4.79 Å². The van der Waals surface area contributed by atoms with E-state index in [-0.39, 0.29) is 12.1 Å². The summed E-state index contributed by atoms with van der Waals surface area (Å²) in [5, 5.41) is 2.92. The Hall–Kier alpha value is -1.55. The van der Waals surface area contributed by atoms with E-state index in [0.29, 0.717) is 5.92 Å². The monoisotopic (exact) mass is 276 g/mol. The van der Waals surface area contributed by atoms with Crippen molar-refractivity contribution in [3.8, 4) is 0 Å². The van der Waals surface area contributed by atoms with Gasteiger partial charge < -0.3 is 15.0 Å². The van der Waals surface area contributed by atoms with E-state index >= 15 is 0 Å². The molecule has 20 heavy (non-hydrogen) atoms. The molecule has 1 N–H and O–H groups in total. The number of carbonyl (C=O) groups excluding carboxylic acids is 1. The first kappa shape index (κ1) is 14.9. The van der Waals surface area contributed by atoms with E-state index in [0.717, 1.165) is 19.5 Å². The summed E-state index contributed by atoms with van der Waals surface area (Å²) in [5.41, 5.74) is 4.01. The normalized spacial score (nSPS) is 23.4. The van der Waals surface area contributed by atoms with Gasteiger partial charge in [-0.15, -0.1) is 0 Å². The van der Waals surface area contributed by atoms with Gasteiger partial charge in [0.2, 0.25) is 0 Å². The molecule has 1 aromatic carbocycles. The second kappa shape index (κ2) is 6.27. The Morgan fingerprint density at radius 1 is 1.30 bits per heavy atom. The van der Waals surface area contributed by atoms with Crippen LogP contribution in [0.4, 0.5) is 4.79 Å². The minimum atomic E-state index is -0.343. The standard InChI is InChI=1S/C16H24N2O2/c1-11-5-6-13(7-12(11)2)14-8-15(10-18(3)9-14)17-16(19)20-4/h5-7,14-15H,8-10H2,1-4H3,(H,17,19). The summed E-state index contributed by atoms with van der Waals surface area (Å²) in [4.78, 5) is 13.6. The Labute approximate surface area is 121 Å². The number of nitrogens with zero attached hydrogens (tertiary/aromatic N) is 1. The first-order chi connectivity index (χ1) is 9.49. The topological polar surface area (TPSA) is 41.6 Å². The van der Waals surface area contributed by atoms with Gasteiger partial charge in [0.1, 0.15) is 0 Å². The van der Waals surface area contributed by atoms with Gasteiger partial charge in [-0.1, -0.05) is 18.2 Å². The lowest BCUT2D eigenvalue weighted by atomic mass is 9.87. The summed E-state index contributed by atoms with van der Waals surface area (Å²) in [7, 11) is 3.50. The van der Waals surface area contributed by atoms with E-state index in [1.165, 1.54) is 23.8 Å². The molecule has 1 aliphatic rings. The highest BCUT2D eigenvalue weighted by Crippen LogP contribution is 2.27. The maximum Gasteiger partial charge on any atom is 0.407 e. The summed E-state index contributed by atoms with van der Waals surface area (Å²) in [6.07, 6.45) is 0.617. The van der Waals surface area contributed by atoms with E-state index in [2.05, 4.69) is 49.3 Å². The molecule has 2 unspecified atom stereocenters. The molecule has 2 atom stereocenters. The van der Waals surface area contributed by atoms with E-state index in [1.54, 1.807) is 0 Å². The Morgan fingerprint density at radius 2 is 2.05 bits per heavy atom. The average molecular weight is 276 g/mol. The molecule has 4 nitrogen and oxygen atoms in total. The van der Waals surface area contributed by atoms with Crippen LogP contribution < -0.4 is 5.32 Å². The van der Waals surface area contributed by atoms with Gasteiger partial charge in [-0.05, 0) is 49.9 Å². The van der Waals surface area contributed by atoms with E-state index in [4.69, 9.17) is 4.74 Å². The van der Waals surface area contributed by atoms with Crippen molar-refractivity contribution in [2.75, 3.05) is 27.2 Å². The second-order valence-electron chi connectivity index (χ2n) is 5.83. The molecule has 4 heteroatoms. The molecular weight excluding hydrogens is 252 g/mol. The third-order valence-electron chi connectivity index (χ3n) is 4.14. The summed E-state index contributed by atoms with van der Waals surface area (Å²) >= 11 is 0. The number of methoxy groups -OCH3 is 1. The zero-order chi connectivity index (χ0) is 14.7. The van der Waals surface area contributed by atoms with Crippen LogP contribution in [-0.2, 0) is 4.74 Å². The molecule has 0 radical (unpaired) electrons. The van der Waals surface area contributed by atoms with Crippen molar-refractivity contribution in [1.29, 1.82) is 0 Å². The number of nitrogens with one attached hydrogen (secondary N) is 1. The van der Waals surface area contributed by atoms with Gasteiger partial charge in [-0.25, -0.2) is 4.79 Å². The van der Waals surface area contributed by atoms with Gasteiger partial charge in [0.25, 0.3) is 0 Å². The fraction of sp³-hybridized carbons (Fsp3) is 0.562. The number of ether oxygens (including phenoxy) is 1. The Morgan fingerprint density at radius 3 is 2.70 bits per heavy atom. The summed E-state index contributed by atoms with van der Waals surface area (Å²) in [6, 6.07) is 6.81. The van der Waals surface area contributed by atoms with E-state index < -0.39 is 0 Å². The quantitative estimate of drug-likeness (QED) is 0.902. The number of hydrogen-bond acceptors (Lipinski definition) is 3. The molecule has 1 saturated heterocycles. The number of likely N-dealkylation sites (N-methyl/N-ethyl adjacent to an activating group) is 1. The molecule has 1 amide bonds. The average Bonchev–Trinajstić information content (AvgIpc) is 2.41. The number of hydrogen-bond donors (Lipinski definition) is 1. The minimum absolute atomic E-state index is 0.146. The number of alkyl carbamates (subject to hydrolysis) is 1. The molecule has 1 aliphatic heterocycles. The van der Waals surface area contributed by atoms with Gasteiger partial charge >= 0.3 is 6.09 Å². The van der Waals surface area contributed by atoms with E-state index in [1.807, 2.05) is 0 Å². The van der Waals surface area contributed by atoms with Crippen LogP contribution in [0.2, 0.25) is 0 Å². The van der Waals surface area contributed by atoms with Gasteiger partial charge in [-0.3, -0.25) is 0 Å². The minimum Gasteiger partial charge on any atom is -0.453 e. The van der Waals surface area contributed by atoms with Crippen molar-refractivity contribution in [3.05, 3.63) is 34.9 Å². The number of carbonyl (C=O) groups is 1. The maximum atomic E-state index is 11.4. The zero-order valence-corrected chi connectivity index (χ0v) is 12.8. The molecule has 1 aromatic rings. The third kappa shape index (κ3) is 3.51. The van der Waals surface area contributed by atoms with Crippen LogP contribution >= 0.6 is 0 Å². The smallest absolute Gasteiger partial charge is 0.407 e. The van der Waals surface area contributed by atoms with Crippen molar-refractivity contribution in [2.24, 2.45) is 0 Å². The SMILES string of the molecule is COC(=O)NC1CC(c2ccc(C)c(C)c2)CN(C)C1.